The van der Waals surface area contributed by atoms with Gasteiger partial charge in [0.1, 0.15) is 5.82 Å². The quantitative estimate of drug-likeness (QED) is 0.539. The van der Waals surface area contributed by atoms with Crippen LogP contribution in [0, 0.1) is 5.82 Å². The SMILES string of the molecule is O=S(=O)(Nc1ccc(S(=O)(=O)Nc2ccc(Cl)cc2Cl)cc1)c1ccc(F)cc1. The van der Waals surface area contributed by atoms with Crippen LogP contribution in [0.5, 0.6) is 0 Å². The Labute approximate surface area is 177 Å². The van der Waals surface area contributed by atoms with Gasteiger partial charge in [-0.3, -0.25) is 9.44 Å². The molecule has 0 aliphatic carbocycles. The highest BCUT2D eigenvalue weighted by Gasteiger charge is 2.18. The fourth-order valence-electron chi connectivity index (χ4n) is 2.31. The number of sulfonamides is 2. The van der Waals surface area contributed by atoms with Crippen molar-refractivity contribution in [3.05, 3.63) is 82.6 Å². The van der Waals surface area contributed by atoms with Crippen LogP contribution in [0.15, 0.2) is 76.5 Å². The molecule has 0 atom stereocenters. The van der Waals surface area contributed by atoms with Gasteiger partial charge in [-0.2, -0.15) is 0 Å². The van der Waals surface area contributed by atoms with Crippen molar-refractivity contribution in [2.45, 2.75) is 9.79 Å². The largest absolute Gasteiger partial charge is 0.280 e. The lowest BCUT2D eigenvalue weighted by atomic mass is 10.3. The van der Waals surface area contributed by atoms with E-state index in [1.165, 1.54) is 42.5 Å². The lowest BCUT2D eigenvalue weighted by Gasteiger charge is -2.11. The fourth-order valence-corrected chi connectivity index (χ4v) is 4.96. The lowest BCUT2D eigenvalue weighted by molar-refractivity contribution is 0.599. The summed E-state index contributed by atoms with van der Waals surface area (Å²) in [4.78, 5) is -0.233. The van der Waals surface area contributed by atoms with Crippen molar-refractivity contribution < 1.29 is 21.2 Å². The third-order valence-electron chi connectivity index (χ3n) is 3.72. The summed E-state index contributed by atoms with van der Waals surface area (Å²) >= 11 is 11.8. The second-order valence-electron chi connectivity index (χ2n) is 5.81. The lowest BCUT2D eigenvalue weighted by Crippen LogP contribution is -2.14. The molecule has 152 valence electrons. The van der Waals surface area contributed by atoms with Gasteiger partial charge in [0, 0.05) is 10.7 Å². The monoisotopic (exact) mass is 474 g/mol. The summed E-state index contributed by atoms with van der Waals surface area (Å²) in [6.07, 6.45) is 0. The van der Waals surface area contributed by atoms with Crippen LogP contribution in [0.3, 0.4) is 0 Å². The molecule has 2 N–H and O–H groups in total. The summed E-state index contributed by atoms with van der Waals surface area (Å²) in [5.74, 6) is -0.563. The highest BCUT2D eigenvalue weighted by atomic mass is 35.5. The maximum atomic E-state index is 13.0. The van der Waals surface area contributed by atoms with Crippen LogP contribution in [-0.4, -0.2) is 16.8 Å². The first-order chi connectivity index (χ1) is 13.6. The Kier molecular flexibility index (Phi) is 6.04. The van der Waals surface area contributed by atoms with Crippen LogP contribution in [0.4, 0.5) is 15.8 Å². The first-order valence-electron chi connectivity index (χ1n) is 7.93. The molecule has 0 radical (unpaired) electrons. The van der Waals surface area contributed by atoms with Gasteiger partial charge in [0.25, 0.3) is 20.0 Å². The molecule has 3 aromatic carbocycles. The van der Waals surface area contributed by atoms with Crippen LogP contribution in [-0.2, 0) is 20.0 Å². The maximum absolute atomic E-state index is 13.0. The summed E-state index contributed by atoms with van der Waals surface area (Å²) in [7, 11) is -7.91. The van der Waals surface area contributed by atoms with E-state index in [1.54, 1.807) is 0 Å². The molecule has 11 heteroatoms. The highest BCUT2D eigenvalue weighted by molar-refractivity contribution is 7.93. The van der Waals surface area contributed by atoms with Gasteiger partial charge in [-0.1, -0.05) is 23.2 Å². The van der Waals surface area contributed by atoms with Crippen LogP contribution >= 0.6 is 23.2 Å². The van der Waals surface area contributed by atoms with Gasteiger partial charge in [-0.05, 0) is 66.7 Å². The molecular formula is C18H13Cl2FN2O4S2. The molecule has 3 rings (SSSR count). The summed E-state index contributed by atoms with van der Waals surface area (Å²) in [6.45, 7) is 0. The molecule has 0 aliphatic heterocycles. The number of halogens is 3. The van der Waals surface area contributed by atoms with Gasteiger partial charge in [0.2, 0.25) is 0 Å². The molecule has 0 aromatic heterocycles. The van der Waals surface area contributed by atoms with E-state index >= 15 is 0 Å². The Morgan fingerprint density at radius 3 is 1.76 bits per heavy atom. The van der Waals surface area contributed by atoms with Crippen molar-refractivity contribution >= 4 is 54.6 Å². The summed E-state index contributed by atoms with van der Waals surface area (Å²) in [5, 5.41) is 0.487. The molecular weight excluding hydrogens is 462 g/mol. The second-order valence-corrected chi connectivity index (χ2v) is 10.0. The van der Waals surface area contributed by atoms with Gasteiger partial charge < -0.3 is 0 Å². The maximum Gasteiger partial charge on any atom is 0.261 e. The Morgan fingerprint density at radius 2 is 1.21 bits per heavy atom. The van der Waals surface area contributed by atoms with E-state index in [4.69, 9.17) is 23.2 Å². The topological polar surface area (TPSA) is 92.3 Å². The first kappa shape index (κ1) is 21.4. The summed E-state index contributed by atoms with van der Waals surface area (Å²) in [5.41, 5.74) is 0.287. The Morgan fingerprint density at radius 1 is 0.690 bits per heavy atom. The van der Waals surface area contributed by atoms with Gasteiger partial charge in [0.05, 0.1) is 20.5 Å². The molecule has 0 amide bonds. The van der Waals surface area contributed by atoms with E-state index in [9.17, 15) is 21.2 Å². The van der Waals surface area contributed by atoms with Crippen LogP contribution in [0.1, 0.15) is 0 Å². The van der Waals surface area contributed by atoms with Crippen molar-refractivity contribution in [1.82, 2.24) is 0 Å². The number of anilines is 2. The minimum Gasteiger partial charge on any atom is -0.280 e. The van der Waals surface area contributed by atoms with Gasteiger partial charge in [0.15, 0.2) is 0 Å². The average molecular weight is 475 g/mol. The van der Waals surface area contributed by atoms with Crippen molar-refractivity contribution in [2.24, 2.45) is 0 Å². The normalized spacial score (nSPS) is 11.8. The molecule has 29 heavy (non-hydrogen) atoms. The molecule has 0 heterocycles. The minimum absolute atomic E-state index is 0.103. The van der Waals surface area contributed by atoms with E-state index in [2.05, 4.69) is 9.44 Å². The first-order valence-corrected chi connectivity index (χ1v) is 11.7. The zero-order valence-corrected chi connectivity index (χ0v) is 17.6. The van der Waals surface area contributed by atoms with E-state index in [0.29, 0.717) is 5.02 Å². The van der Waals surface area contributed by atoms with Crippen molar-refractivity contribution in [1.29, 1.82) is 0 Å². The van der Waals surface area contributed by atoms with Crippen LogP contribution < -0.4 is 9.44 Å². The molecule has 0 aliphatic rings. The molecule has 0 spiro atoms. The van der Waals surface area contributed by atoms with Crippen molar-refractivity contribution in [3.8, 4) is 0 Å². The summed E-state index contributed by atoms with van der Waals surface area (Å²) < 4.78 is 67.2. The molecule has 0 unspecified atom stereocenters. The predicted octanol–water partition coefficient (Wildman–Crippen LogP) is 4.73. The number of benzene rings is 3. The Balaban J connectivity index is 1.79. The molecule has 0 saturated carbocycles. The van der Waals surface area contributed by atoms with E-state index in [1.807, 2.05) is 0 Å². The molecule has 0 bridgehead atoms. The second kappa shape index (κ2) is 8.19. The molecule has 3 aromatic rings. The Bertz CT molecular complexity index is 1250. The number of hydrogen-bond acceptors (Lipinski definition) is 4. The average Bonchev–Trinajstić information content (AvgIpc) is 2.64. The minimum atomic E-state index is -3.96. The van der Waals surface area contributed by atoms with E-state index < -0.39 is 25.9 Å². The number of hydrogen-bond donors (Lipinski definition) is 2. The zero-order chi connectivity index (χ0) is 21.2. The fraction of sp³-hybridized carbons (Fsp3) is 0. The van der Waals surface area contributed by atoms with E-state index in [0.717, 1.165) is 24.3 Å². The van der Waals surface area contributed by atoms with Crippen molar-refractivity contribution in [2.75, 3.05) is 9.44 Å². The highest BCUT2D eigenvalue weighted by Crippen LogP contribution is 2.28. The smallest absolute Gasteiger partial charge is 0.261 e. The standard InChI is InChI=1S/C18H13Cl2FN2O4S2/c19-12-1-10-18(17(20)11-12)23-29(26,27)16-8-4-14(5-9-16)22-28(24,25)15-6-2-13(21)3-7-15/h1-11,22-23H. The molecule has 0 saturated heterocycles. The van der Waals surface area contributed by atoms with Crippen LogP contribution in [0.2, 0.25) is 10.0 Å². The van der Waals surface area contributed by atoms with Crippen molar-refractivity contribution in [3.63, 3.8) is 0 Å². The number of rotatable bonds is 6. The Hall–Kier alpha value is -2.33. The van der Waals surface area contributed by atoms with Gasteiger partial charge >= 0.3 is 0 Å². The van der Waals surface area contributed by atoms with Gasteiger partial charge in [-0.25, -0.2) is 21.2 Å². The molecule has 6 nitrogen and oxygen atoms in total. The van der Waals surface area contributed by atoms with Crippen LogP contribution in [0.25, 0.3) is 0 Å². The third kappa shape index (κ3) is 5.18. The predicted molar refractivity (Wildman–Crippen MR) is 111 cm³/mol. The van der Waals surface area contributed by atoms with Gasteiger partial charge in [-0.15, -0.1) is 0 Å². The third-order valence-corrected chi connectivity index (χ3v) is 7.04. The summed E-state index contributed by atoms with van der Waals surface area (Å²) in [6, 6.07) is 13.6. The molecule has 0 fully saturated rings. The van der Waals surface area contributed by atoms with E-state index in [-0.39, 0.29) is 26.2 Å². The number of nitrogens with one attached hydrogen (secondary N) is 2. The zero-order valence-electron chi connectivity index (χ0n) is 14.4.